The molecule has 38 heteroatoms. The van der Waals surface area contributed by atoms with Gasteiger partial charge in [-0.25, -0.2) is 0 Å². The molecule has 0 aromatic rings. The van der Waals surface area contributed by atoms with Gasteiger partial charge in [-0.3, -0.25) is 48.3 Å². The number of amides is 4. The monoisotopic (exact) mass is 1620 g/mol. The number of aliphatic imine (C=N–C) groups is 2. The zero-order chi connectivity index (χ0) is 86.1. The molecule has 0 unspecified atom stereocenters. The second kappa shape index (κ2) is 71.6. The third kappa shape index (κ3) is 54.8. The molecular weight excluding hydrogens is 1470 g/mol. The van der Waals surface area contributed by atoms with Crippen molar-refractivity contribution in [2.24, 2.45) is 21.5 Å². The minimum Gasteiger partial charge on any atom is -0.387 e. The first-order chi connectivity index (χ1) is 53.0. The van der Waals surface area contributed by atoms with Crippen molar-refractivity contribution in [3.05, 3.63) is 0 Å². The van der Waals surface area contributed by atoms with Crippen LogP contribution in [0, 0.1) is 10.8 Å². The summed E-state index contributed by atoms with van der Waals surface area (Å²) >= 11 is 0. The van der Waals surface area contributed by atoms with Crippen molar-refractivity contribution in [2.45, 2.75) is 305 Å². The van der Waals surface area contributed by atoms with Gasteiger partial charge in [-0.2, -0.15) is 0 Å². The summed E-state index contributed by atoms with van der Waals surface area (Å²) in [5, 5.41) is 186. The van der Waals surface area contributed by atoms with E-state index in [1.165, 1.54) is 14.1 Å². The molecule has 0 aliphatic rings. The van der Waals surface area contributed by atoms with Crippen LogP contribution in [-0.2, 0) is 47.8 Å². The van der Waals surface area contributed by atoms with Crippen molar-refractivity contribution < 1.29 is 130 Å². The van der Waals surface area contributed by atoms with Crippen molar-refractivity contribution in [3.63, 3.8) is 0 Å². The Morgan fingerprint density at radius 2 is 0.589 bits per heavy atom. The van der Waals surface area contributed by atoms with Crippen LogP contribution in [0.15, 0.2) is 9.98 Å². The lowest BCUT2D eigenvalue weighted by atomic mass is 9.97. The minimum absolute atomic E-state index is 0.0499. The standard InChI is InChI=1S/2C22H43N5O6.C17H33NO8.C13H25NO6/c2*1-25-13-7-10-15(23)9-5-3-4-6-12-17(24)27-14-8-11-16(28)18(29)19(30)20(31)21(32)22(33)26-2;1-3-8-25-10-5-6-12(19)13(20)14(21)15(22)16(23)17(24)18-7-11-26-9-4-2;1-3-5-6-8(15)9(16)10(17)11(18)12(19)13(20)14-7-4-2/h2*18-21,23,25,29-32H,3-14H2,1-2H3,(H2,24,27)(H,26,33);13-16,20-23H,3-11H2,1-2H3,(H,18,24);9-12,16-19H,3-7H2,1-2H3,(H,14,20)/t2*18-,19+,20+,21-;13-,14+,15+,16-;9-,10+,11+,12-/m0000/s1. The Bertz CT molecular complexity index is 2430. The molecular formula is C74H144N12O26. The molecule has 0 saturated carbocycles. The number of likely N-dealkylation sites (N-methyl/N-ethyl adjacent to an activating group) is 2. The molecule has 0 saturated heterocycles. The Morgan fingerprint density at radius 3 is 0.902 bits per heavy atom. The summed E-state index contributed by atoms with van der Waals surface area (Å²) in [6.45, 7) is 12.1. The number of unbranched alkanes of at least 4 members (excludes halogenated alkanes) is 7. The quantitative estimate of drug-likeness (QED) is 0.0157. The Morgan fingerprint density at radius 1 is 0.304 bits per heavy atom. The number of Topliss-reactive ketones (excluding diaryl/α,β-unsaturated/α-hetero) is 4. The molecule has 112 heavy (non-hydrogen) atoms. The first-order valence-corrected chi connectivity index (χ1v) is 39.2. The predicted octanol–water partition coefficient (Wildman–Crippen LogP) is -4.05. The van der Waals surface area contributed by atoms with E-state index in [1.54, 1.807) is 0 Å². The minimum atomic E-state index is -2.00. The lowest BCUT2D eigenvalue weighted by molar-refractivity contribution is -0.154. The smallest absolute Gasteiger partial charge is 0.251 e. The van der Waals surface area contributed by atoms with E-state index in [-0.39, 0.29) is 51.9 Å². The second-order valence-electron chi connectivity index (χ2n) is 27.0. The predicted molar refractivity (Wildman–Crippen MR) is 420 cm³/mol. The van der Waals surface area contributed by atoms with E-state index >= 15 is 0 Å². The number of hydrogen-bond acceptors (Lipinski definition) is 32. The molecule has 0 radical (unpaired) electrons. The lowest BCUT2D eigenvalue weighted by Gasteiger charge is -2.25. The van der Waals surface area contributed by atoms with Gasteiger partial charge in [0, 0.05) is 110 Å². The van der Waals surface area contributed by atoms with E-state index in [1.807, 2.05) is 41.8 Å². The van der Waals surface area contributed by atoms with Gasteiger partial charge in [-0.05, 0) is 136 Å². The van der Waals surface area contributed by atoms with E-state index < -0.39 is 144 Å². The van der Waals surface area contributed by atoms with E-state index in [0.717, 1.165) is 134 Å². The van der Waals surface area contributed by atoms with Gasteiger partial charge in [-0.1, -0.05) is 59.8 Å². The topological polar surface area (TPSA) is 675 Å². The number of nitrogens with two attached hydrogens (primary N) is 2. The molecule has 0 rings (SSSR count). The number of aliphatic hydroxyl groups excluding tert-OH is 16. The molecule has 0 aliphatic heterocycles. The van der Waals surface area contributed by atoms with Gasteiger partial charge in [-0.15, -0.1) is 0 Å². The van der Waals surface area contributed by atoms with Gasteiger partial charge in [0.2, 0.25) is 0 Å². The number of nitrogens with one attached hydrogen (secondary N) is 8. The van der Waals surface area contributed by atoms with Crippen LogP contribution in [-0.4, -0.2) is 343 Å². The number of aliphatic hydroxyl groups is 16. The number of nitrogens with zero attached hydrogens (tertiary/aromatic N) is 2. The summed E-state index contributed by atoms with van der Waals surface area (Å²) in [4.78, 5) is 101. The van der Waals surface area contributed by atoms with Gasteiger partial charge in [0.25, 0.3) is 23.6 Å². The van der Waals surface area contributed by atoms with Crippen molar-refractivity contribution >= 4 is 69.9 Å². The van der Waals surface area contributed by atoms with Crippen LogP contribution < -0.4 is 43.4 Å². The highest BCUT2D eigenvalue weighted by molar-refractivity contribution is 5.87. The molecule has 0 aromatic heterocycles. The molecule has 656 valence electrons. The van der Waals surface area contributed by atoms with Crippen LogP contribution in [0.25, 0.3) is 0 Å². The van der Waals surface area contributed by atoms with Crippen LogP contribution in [0.3, 0.4) is 0 Å². The molecule has 0 fully saturated rings. The van der Waals surface area contributed by atoms with Crippen molar-refractivity contribution in [2.75, 3.05) is 93.9 Å². The molecule has 0 spiro atoms. The molecule has 16 atom stereocenters. The van der Waals surface area contributed by atoms with E-state index in [9.17, 15) is 120 Å². The maximum Gasteiger partial charge on any atom is 0.251 e. The highest BCUT2D eigenvalue weighted by Crippen LogP contribution is 2.16. The SMILES string of the molecule is CCCCC(=O)[C@H](O)[C@@H](O)[C@@H](O)[C@H](O)C(=O)NCCC.CCCOCCCC(=O)[C@H](O)[C@@H](O)[C@@H](O)[C@H](O)C(=O)NCCOCCC.CNCCCC(=N)CCCCCCC(N)=NCCCC(=O)[C@H](O)[C@@H](O)[C@@H](O)[C@H](O)C(=O)NC.CNCCCC(=N)CCCCCCC(N)=NCCCC(=O)[C@H](O)[C@@H](O)[C@@H](O)[C@H](O)C(=O)NC. The molecule has 4 amide bonds. The third-order valence-corrected chi connectivity index (χ3v) is 17.1. The van der Waals surface area contributed by atoms with Gasteiger partial charge < -0.3 is 145 Å². The second-order valence-corrected chi connectivity index (χ2v) is 27.0. The molecule has 0 aromatic carbocycles. The van der Waals surface area contributed by atoms with Crippen molar-refractivity contribution in [3.8, 4) is 0 Å². The average Bonchev–Trinajstić information content (AvgIpc) is 0.883. The fourth-order valence-corrected chi connectivity index (χ4v) is 9.97. The maximum atomic E-state index is 12.0. The summed E-state index contributed by atoms with van der Waals surface area (Å²) in [5.41, 5.74) is 13.4. The van der Waals surface area contributed by atoms with Crippen LogP contribution in [0.4, 0.5) is 0 Å². The number of carbonyl (C=O) groups excluding carboxylic acids is 8. The summed E-state index contributed by atoms with van der Waals surface area (Å²) < 4.78 is 10.4. The molecule has 38 nitrogen and oxygen atoms in total. The van der Waals surface area contributed by atoms with Crippen LogP contribution in [0.1, 0.15) is 207 Å². The molecule has 28 N–H and O–H groups in total. The van der Waals surface area contributed by atoms with E-state index in [0.29, 0.717) is 83.0 Å². The zero-order valence-corrected chi connectivity index (χ0v) is 67.4. The first-order valence-electron chi connectivity index (χ1n) is 39.2. The number of rotatable bonds is 66. The van der Waals surface area contributed by atoms with E-state index in [2.05, 4.69) is 41.9 Å². The zero-order valence-electron chi connectivity index (χ0n) is 67.4. The molecule has 0 aliphatic carbocycles. The van der Waals surface area contributed by atoms with Gasteiger partial charge >= 0.3 is 0 Å². The first kappa shape index (κ1) is 112. The number of hydrogen-bond donors (Lipinski definition) is 26. The highest BCUT2D eigenvalue weighted by atomic mass is 16.5. The Kier molecular flexibility index (Phi) is 71.8. The third-order valence-electron chi connectivity index (χ3n) is 17.1. The van der Waals surface area contributed by atoms with Crippen LogP contribution in [0.2, 0.25) is 0 Å². The van der Waals surface area contributed by atoms with E-state index in [4.69, 9.17) is 31.8 Å². The maximum absolute atomic E-state index is 12.0. The number of ether oxygens (including phenoxy) is 2. The van der Waals surface area contributed by atoms with Gasteiger partial charge in [0.15, 0.2) is 47.5 Å². The molecule has 0 bridgehead atoms. The average molecular weight is 1620 g/mol. The van der Waals surface area contributed by atoms with Crippen LogP contribution in [0.5, 0.6) is 0 Å². The number of carbonyl (C=O) groups is 8. The fraction of sp³-hybridized carbons (Fsp3) is 0.838. The van der Waals surface area contributed by atoms with Crippen LogP contribution >= 0.6 is 0 Å². The van der Waals surface area contributed by atoms with Crippen molar-refractivity contribution in [1.29, 1.82) is 10.8 Å². The van der Waals surface area contributed by atoms with Crippen molar-refractivity contribution in [1.82, 2.24) is 31.9 Å². The van der Waals surface area contributed by atoms with Gasteiger partial charge in [0.1, 0.15) is 73.2 Å². The summed E-state index contributed by atoms with van der Waals surface area (Å²) in [7, 11) is 6.29. The Labute approximate surface area is 660 Å². The number of ketones is 4. The normalized spacial score (nSPS) is 15.9. The molecule has 0 heterocycles. The largest absolute Gasteiger partial charge is 0.387 e. The Hall–Kier alpha value is -5.96. The summed E-state index contributed by atoms with van der Waals surface area (Å²) in [6.07, 6.45) is -12.2. The van der Waals surface area contributed by atoms with Gasteiger partial charge in [0.05, 0.1) is 18.3 Å². The lowest BCUT2D eigenvalue weighted by Crippen LogP contribution is -2.52. The Balaban J connectivity index is -0.000000706. The fourth-order valence-electron chi connectivity index (χ4n) is 9.97. The summed E-state index contributed by atoms with van der Waals surface area (Å²) in [5.74, 6) is -5.45. The number of amidine groups is 2. The highest BCUT2D eigenvalue weighted by Gasteiger charge is 2.40. The summed E-state index contributed by atoms with van der Waals surface area (Å²) in [6, 6.07) is 0.